The molecule has 1 heteroatoms. The number of hydrogen-bond donors (Lipinski definition) is 0. The Morgan fingerprint density at radius 3 is 2.20 bits per heavy atom. The predicted octanol–water partition coefficient (Wildman–Crippen LogP) is 2.71. The van der Waals surface area contributed by atoms with Gasteiger partial charge in [0, 0.05) is 12.8 Å². The van der Waals surface area contributed by atoms with Crippen LogP contribution in [-0.2, 0) is 4.79 Å². The molecule has 0 aromatic heterocycles. The van der Waals surface area contributed by atoms with Gasteiger partial charge in [0.2, 0.25) is 0 Å². The molecular formula is C9H16O. The summed E-state index contributed by atoms with van der Waals surface area (Å²) in [4.78, 5) is 10.9. The van der Waals surface area contributed by atoms with Crippen molar-refractivity contribution < 1.29 is 4.79 Å². The van der Waals surface area contributed by atoms with E-state index in [1.807, 2.05) is 19.9 Å². The summed E-state index contributed by atoms with van der Waals surface area (Å²) >= 11 is 0. The fourth-order valence-corrected chi connectivity index (χ4v) is 0.809. The first-order valence-corrected chi connectivity index (χ1v) is 3.90. The van der Waals surface area contributed by atoms with Crippen LogP contribution in [0.25, 0.3) is 0 Å². The summed E-state index contributed by atoms with van der Waals surface area (Å²) in [6.45, 7) is 5.98. The van der Waals surface area contributed by atoms with Crippen LogP contribution in [0.1, 0.15) is 40.0 Å². The van der Waals surface area contributed by atoms with E-state index in [0.29, 0.717) is 18.6 Å². The Hall–Kier alpha value is -0.590. The molecule has 0 N–H and O–H groups in total. The normalized spacial score (nSPS) is 11.7. The molecule has 0 aliphatic carbocycles. The molecule has 0 aliphatic rings. The lowest BCUT2D eigenvalue weighted by Crippen LogP contribution is -1.96. The number of carbonyl (C=O) groups is 1. The fourth-order valence-electron chi connectivity index (χ4n) is 0.809. The zero-order valence-corrected chi connectivity index (χ0v) is 7.11. The minimum absolute atomic E-state index is 0.343. The van der Waals surface area contributed by atoms with Gasteiger partial charge in [-0.2, -0.15) is 0 Å². The molecule has 0 bridgehead atoms. The van der Waals surface area contributed by atoms with E-state index < -0.39 is 0 Å². The van der Waals surface area contributed by atoms with Crippen LogP contribution in [-0.4, -0.2) is 5.78 Å². The van der Waals surface area contributed by atoms with Gasteiger partial charge in [0.1, 0.15) is 5.78 Å². The van der Waals surface area contributed by atoms with Gasteiger partial charge in [0.15, 0.2) is 0 Å². The highest BCUT2D eigenvalue weighted by atomic mass is 16.1. The van der Waals surface area contributed by atoms with E-state index in [9.17, 15) is 4.79 Å². The standard InChI is InChI=1S/C9H16O/c1-4-8(5-2)7-9(10)6-3/h4H,5-7H2,1-3H3/b8-4-. The molecule has 0 rings (SSSR count). The molecule has 1 nitrogen and oxygen atoms in total. The molecule has 10 heavy (non-hydrogen) atoms. The predicted molar refractivity (Wildman–Crippen MR) is 44.0 cm³/mol. The van der Waals surface area contributed by atoms with Gasteiger partial charge in [-0.15, -0.1) is 0 Å². The number of rotatable bonds is 4. The third-order valence-corrected chi connectivity index (χ3v) is 1.68. The van der Waals surface area contributed by atoms with E-state index >= 15 is 0 Å². The molecule has 0 spiro atoms. The van der Waals surface area contributed by atoms with E-state index in [0.717, 1.165) is 6.42 Å². The van der Waals surface area contributed by atoms with Crippen LogP contribution >= 0.6 is 0 Å². The molecule has 0 radical (unpaired) electrons. The molecule has 58 valence electrons. The molecule has 0 atom stereocenters. The molecule has 0 heterocycles. The quantitative estimate of drug-likeness (QED) is 0.549. The summed E-state index contributed by atoms with van der Waals surface area (Å²) in [6.07, 6.45) is 4.36. The zero-order valence-electron chi connectivity index (χ0n) is 7.11. The monoisotopic (exact) mass is 140 g/mol. The van der Waals surface area contributed by atoms with Crippen LogP contribution in [0.2, 0.25) is 0 Å². The van der Waals surface area contributed by atoms with Gasteiger partial charge >= 0.3 is 0 Å². The van der Waals surface area contributed by atoms with Gasteiger partial charge < -0.3 is 0 Å². The first kappa shape index (κ1) is 9.41. The maximum atomic E-state index is 10.9. The van der Waals surface area contributed by atoms with E-state index in [2.05, 4.69) is 6.92 Å². The van der Waals surface area contributed by atoms with Gasteiger partial charge in [-0.3, -0.25) is 4.79 Å². The maximum absolute atomic E-state index is 10.9. The van der Waals surface area contributed by atoms with Crippen LogP contribution in [0.3, 0.4) is 0 Å². The largest absolute Gasteiger partial charge is 0.299 e. The first-order chi connectivity index (χ1) is 4.74. The highest BCUT2D eigenvalue weighted by Crippen LogP contribution is 2.07. The zero-order chi connectivity index (χ0) is 7.98. The molecule has 0 unspecified atom stereocenters. The highest BCUT2D eigenvalue weighted by molar-refractivity contribution is 5.80. The van der Waals surface area contributed by atoms with Crippen molar-refractivity contribution in [3.63, 3.8) is 0 Å². The lowest BCUT2D eigenvalue weighted by atomic mass is 10.1. The van der Waals surface area contributed by atoms with E-state index in [4.69, 9.17) is 0 Å². The smallest absolute Gasteiger partial charge is 0.136 e. The molecule has 0 aliphatic heterocycles. The third-order valence-electron chi connectivity index (χ3n) is 1.68. The summed E-state index contributed by atoms with van der Waals surface area (Å²) in [7, 11) is 0. The topological polar surface area (TPSA) is 17.1 Å². The first-order valence-electron chi connectivity index (χ1n) is 3.90. The molecule has 0 fully saturated rings. The molecule has 0 amide bonds. The Morgan fingerprint density at radius 2 is 1.90 bits per heavy atom. The van der Waals surface area contributed by atoms with Crippen molar-refractivity contribution in [2.45, 2.75) is 40.0 Å². The van der Waals surface area contributed by atoms with Crippen molar-refractivity contribution in [2.24, 2.45) is 0 Å². The molecule has 0 aromatic rings. The second-order valence-electron chi connectivity index (χ2n) is 2.37. The second kappa shape index (κ2) is 5.21. The number of Topliss-reactive ketones (excluding diaryl/α,β-unsaturated/α-hetero) is 1. The van der Waals surface area contributed by atoms with Gasteiger partial charge in [-0.1, -0.05) is 25.5 Å². The summed E-state index contributed by atoms with van der Waals surface area (Å²) < 4.78 is 0. The van der Waals surface area contributed by atoms with Gasteiger partial charge in [0.05, 0.1) is 0 Å². The lowest BCUT2D eigenvalue weighted by Gasteiger charge is -1.99. The molecular weight excluding hydrogens is 124 g/mol. The summed E-state index contributed by atoms with van der Waals surface area (Å²) in [6, 6.07) is 0. The second-order valence-corrected chi connectivity index (χ2v) is 2.37. The number of carbonyl (C=O) groups excluding carboxylic acids is 1. The van der Waals surface area contributed by atoms with E-state index in [1.54, 1.807) is 0 Å². The van der Waals surface area contributed by atoms with Crippen LogP contribution in [0.15, 0.2) is 11.6 Å². The average Bonchev–Trinajstić information content (AvgIpc) is 1.99. The van der Waals surface area contributed by atoms with Crippen molar-refractivity contribution in [3.05, 3.63) is 11.6 Å². The van der Waals surface area contributed by atoms with Crippen molar-refractivity contribution in [3.8, 4) is 0 Å². The SMILES string of the molecule is C/C=C(/CC)CC(=O)CC. The third kappa shape index (κ3) is 3.44. The van der Waals surface area contributed by atoms with Gasteiger partial charge in [-0.05, 0) is 13.3 Å². The Kier molecular flexibility index (Phi) is 4.91. The van der Waals surface area contributed by atoms with E-state index in [-0.39, 0.29) is 0 Å². The number of allylic oxidation sites excluding steroid dienone is 2. The molecule has 0 saturated carbocycles. The summed E-state index contributed by atoms with van der Waals surface area (Å²) in [5.74, 6) is 0.343. The highest BCUT2D eigenvalue weighted by Gasteiger charge is 1.99. The van der Waals surface area contributed by atoms with Crippen molar-refractivity contribution in [1.29, 1.82) is 0 Å². The van der Waals surface area contributed by atoms with Crippen molar-refractivity contribution in [1.82, 2.24) is 0 Å². The molecule has 0 aromatic carbocycles. The minimum Gasteiger partial charge on any atom is -0.299 e. The Bertz CT molecular complexity index is 134. The van der Waals surface area contributed by atoms with Gasteiger partial charge in [-0.25, -0.2) is 0 Å². The Morgan fingerprint density at radius 1 is 1.30 bits per heavy atom. The van der Waals surface area contributed by atoms with Crippen molar-refractivity contribution in [2.75, 3.05) is 0 Å². The number of hydrogen-bond acceptors (Lipinski definition) is 1. The fraction of sp³-hybridized carbons (Fsp3) is 0.667. The summed E-state index contributed by atoms with van der Waals surface area (Å²) in [5.41, 5.74) is 1.26. The lowest BCUT2D eigenvalue weighted by molar-refractivity contribution is -0.118. The average molecular weight is 140 g/mol. The van der Waals surface area contributed by atoms with E-state index in [1.165, 1.54) is 5.57 Å². The Labute approximate surface area is 63.1 Å². The van der Waals surface area contributed by atoms with Crippen molar-refractivity contribution >= 4 is 5.78 Å². The van der Waals surface area contributed by atoms with Crippen LogP contribution in [0.5, 0.6) is 0 Å². The number of ketones is 1. The van der Waals surface area contributed by atoms with Crippen LogP contribution < -0.4 is 0 Å². The van der Waals surface area contributed by atoms with Gasteiger partial charge in [0.25, 0.3) is 0 Å². The Balaban J connectivity index is 3.76. The minimum atomic E-state index is 0.343. The van der Waals surface area contributed by atoms with Crippen LogP contribution in [0.4, 0.5) is 0 Å². The van der Waals surface area contributed by atoms with Crippen LogP contribution in [0, 0.1) is 0 Å². The summed E-state index contributed by atoms with van der Waals surface area (Å²) in [5, 5.41) is 0. The maximum Gasteiger partial charge on any atom is 0.136 e. The molecule has 0 saturated heterocycles.